The monoisotopic (exact) mass is 318 g/mol. The van der Waals surface area contributed by atoms with Crippen LogP contribution < -0.4 is 10.1 Å². The lowest BCUT2D eigenvalue weighted by molar-refractivity contribution is -0.116. The summed E-state index contributed by atoms with van der Waals surface area (Å²) in [4.78, 5) is 27.2. The molecule has 22 heavy (non-hydrogen) atoms. The van der Waals surface area contributed by atoms with Crippen molar-refractivity contribution in [2.75, 3.05) is 11.9 Å². The molecule has 0 unspecified atom stereocenters. The number of hydrogen-bond acceptors (Lipinski definition) is 5. The number of ether oxygens (including phenoxy) is 1. The highest BCUT2D eigenvalue weighted by Gasteiger charge is 2.10. The van der Waals surface area contributed by atoms with Crippen LogP contribution in [0.3, 0.4) is 0 Å². The number of aryl methyl sites for hydroxylation is 1. The fourth-order valence-electron chi connectivity index (χ4n) is 1.93. The molecular formula is C16H18N2O3S. The van der Waals surface area contributed by atoms with Gasteiger partial charge in [-0.1, -0.05) is 18.2 Å². The van der Waals surface area contributed by atoms with E-state index < -0.39 is 0 Å². The number of nitrogens with zero attached hydrogens (tertiary/aromatic N) is 1. The summed E-state index contributed by atoms with van der Waals surface area (Å²) in [6.07, 6.45) is 0.923. The fourth-order valence-corrected chi connectivity index (χ4v) is 2.70. The zero-order chi connectivity index (χ0) is 15.9. The number of ketones is 1. The van der Waals surface area contributed by atoms with E-state index in [0.717, 1.165) is 11.3 Å². The topological polar surface area (TPSA) is 68.3 Å². The van der Waals surface area contributed by atoms with Crippen LogP contribution in [0, 0.1) is 0 Å². The summed E-state index contributed by atoms with van der Waals surface area (Å²) >= 11 is 1.25. The van der Waals surface area contributed by atoms with Gasteiger partial charge in [0.2, 0.25) is 5.91 Å². The maximum absolute atomic E-state index is 12.0. The van der Waals surface area contributed by atoms with Crippen LogP contribution in [0.25, 0.3) is 0 Å². The molecule has 0 fully saturated rings. The number of Topliss-reactive ketones (excluding diaryl/α,β-unsaturated/α-hetero) is 1. The molecule has 0 aliphatic carbocycles. The zero-order valence-electron chi connectivity index (χ0n) is 12.6. The van der Waals surface area contributed by atoms with Crippen molar-refractivity contribution in [3.05, 3.63) is 40.9 Å². The van der Waals surface area contributed by atoms with E-state index in [1.165, 1.54) is 18.3 Å². The molecule has 2 rings (SSSR count). The second-order valence-corrected chi connectivity index (χ2v) is 5.54. The Balaban J connectivity index is 1.91. The summed E-state index contributed by atoms with van der Waals surface area (Å²) in [6, 6.07) is 7.69. The molecule has 0 saturated heterocycles. The highest BCUT2D eigenvalue weighted by atomic mass is 32.1. The predicted molar refractivity (Wildman–Crippen MR) is 86.7 cm³/mol. The van der Waals surface area contributed by atoms with E-state index in [1.54, 1.807) is 5.38 Å². The van der Waals surface area contributed by atoms with Crippen LogP contribution in [0.1, 0.15) is 36.3 Å². The van der Waals surface area contributed by atoms with Gasteiger partial charge in [0, 0.05) is 18.7 Å². The quantitative estimate of drug-likeness (QED) is 0.795. The molecule has 1 N–H and O–H groups in total. The first kappa shape index (κ1) is 16.2. The van der Waals surface area contributed by atoms with Crippen molar-refractivity contribution in [2.45, 2.75) is 26.7 Å². The molecule has 0 aliphatic rings. The van der Waals surface area contributed by atoms with E-state index in [4.69, 9.17) is 4.74 Å². The maximum atomic E-state index is 12.0. The lowest BCUT2D eigenvalue weighted by atomic mass is 10.1. The smallest absolute Gasteiger partial charge is 0.226 e. The Kier molecular flexibility index (Phi) is 5.66. The SMILES string of the molecule is CCOc1ccccc1CCC(=O)Nc1nc(C(C)=O)cs1. The van der Waals surface area contributed by atoms with Crippen molar-refractivity contribution in [3.8, 4) is 5.75 Å². The summed E-state index contributed by atoms with van der Waals surface area (Å²) in [5.41, 5.74) is 1.38. The van der Waals surface area contributed by atoms with Gasteiger partial charge in [-0.3, -0.25) is 9.59 Å². The van der Waals surface area contributed by atoms with Gasteiger partial charge in [0.15, 0.2) is 10.9 Å². The molecule has 5 nitrogen and oxygen atoms in total. The predicted octanol–water partition coefficient (Wildman–Crippen LogP) is 3.32. The van der Waals surface area contributed by atoms with Gasteiger partial charge in [0.05, 0.1) is 6.61 Å². The number of carbonyl (C=O) groups excluding carboxylic acids is 2. The van der Waals surface area contributed by atoms with Crippen molar-refractivity contribution in [2.24, 2.45) is 0 Å². The minimum Gasteiger partial charge on any atom is -0.494 e. The van der Waals surface area contributed by atoms with E-state index in [2.05, 4.69) is 10.3 Å². The summed E-state index contributed by atoms with van der Waals surface area (Å²) < 4.78 is 5.54. The second-order valence-electron chi connectivity index (χ2n) is 4.68. The molecule has 1 amide bonds. The number of anilines is 1. The third kappa shape index (κ3) is 4.39. The molecule has 0 saturated carbocycles. The van der Waals surface area contributed by atoms with Gasteiger partial charge in [-0.2, -0.15) is 0 Å². The average molecular weight is 318 g/mol. The Morgan fingerprint density at radius 2 is 2.09 bits per heavy atom. The van der Waals surface area contributed by atoms with Crippen LogP contribution in [0.15, 0.2) is 29.6 Å². The van der Waals surface area contributed by atoms with E-state index in [1.807, 2.05) is 31.2 Å². The lowest BCUT2D eigenvalue weighted by Gasteiger charge is -2.09. The molecule has 6 heteroatoms. The summed E-state index contributed by atoms with van der Waals surface area (Å²) in [7, 11) is 0. The summed E-state index contributed by atoms with van der Waals surface area (Å²) in [5, 5.41) is 4.81. The zero-order valence-corrected chi connectivity index (χ0v) is 13.4. The van der Waals surface area contributed by atoms with Crippen LogP contribution >= 0.6 is 11.3 Å². The molecule has 1 heterocycles. The van der Waals surface area contributed by atoms with E-state index in [9.17, 15) is 9.59 Å². The van der Waals surface area contributed by atoms with Gasteiger partial charge in [-0.25, -0.2) is 4.98 Å². The summed E-state index contributed by atoms with van der Waals surface area (Å²) in [6.45, 7) is 3.97. The molecule has 0 bridgehead atoms. The second kappa shape index (κ2) is 7.70. The fraction of sp³-hybridized carbons (Fsp3) is 0.312. The number of amides is 1. The molecule has 0 atom stereocenters. The van der Waals surface area contributed by atoms with Crippen molar-refractivity contribution in [3.63, 3.8) is 0 Å². The van der Waals surface area contributed by atoms with Crippen molar-refractivity contribution >= 4 is 28.2 Å². The number of thiazole rings is 1. The number of aromatic nitrogens is 1. The van der Waals surface area contributed by atoms with Crippen LogP contribution in [-0.2, 0) is 11.2 Å². The highest BCUT2D eigenvalue weighted by molar-refractivity contribution is 7.14. The van der Waals surface area contributed by atoms with Crippen LogP contribution in [0.2, 0.25) is 0 Å². The number of nitrogens with one attached hydrogen (secondary N) is 1. The Labute approximate surface area is 133 Å². The van der Waals surface area contributed by atoms with Crippen molar-refractivity contribution in [1.82, 2.24) is 4.98 Å². The minimum atomic E-state index is -0.129. The molecule has 0 aliphatic heterocycles. The third-order valence-corrected chi connectivity index (χ3v) is 3.76. The Hall–Kier alpha value is -2.21. The minimum absolute atomic E-state index is 0.109. The van der Waals surface area contributed by atoms with Crippen molar-refractivity contribution < 1.29 is 14.3 Å². The lowest BCUT2D eigenvalue weighted by Crippen LogP contribution is -2.12. The van der Waals surface area contributed by atoms with Gasteiger partial charge in [-0.15, -0.1) is 11.3 Å². The molecule has 0 spiro atoms. The Bertz CT molecular complexity index is 667. The molecule has 116 valence electrons. The van der Waals surface area contributed by atoms with Crippen molar-refractivity contribution in [1.29, 1.82) is 0 Å². The maximum Gasteiger partial charge on any atom is 0.226 e. The summed E-state index contributed by atoms with van der Waals surface area (Å²) in [5.74, 6) is 0.573. The Morgan fingerprint density at radius 1 is 1.32 bits per heavy atom. The first-order valence-corrected chi connectivity index (χ1v) is 7.95. The normalized spacial score (nSPS) is 10.3. The molecule has 2 aromatic rings. The van der Waals surface area contributed by atoms with Crippen LogP contribution in [0.5, 0.6) is 5.75 Å². The third-order valence-electron chi connectivity index (χ3n) is 3.01. The standard InChI is InChI=1S/C16H18N2O3S/c1-3-21-14-7-5-4-6-12(14)8-9-15(20)18-16-17-13(10-22-16)11(2)19/h4-7,10H,3,8-9H2,1-2H3,(H,17,18,20). The number of para-hydroxylation sites is 1. The molecule has 1 aromatic carbocycles. The Morgan fingerprint density at radius 3 is 2.77 bits per heavy atom. The van der Waals surface area contributed by atoms with Crippen LogP contribution in [0.4, 0.5) is 5.13 Å². The van der Waals surface area contributed by atoms with Gasteiger partial charge >= 0.3 is 0 Å². The van der Waals surface area contributed by atoms with Gasteiger partial charge in [-0.05, 0) is 25.0 Å². The number of rotatable bonds is 7. The largest absolute Gasteiger partial charge is 0.494 e. The first-order valence-electron chi connectivity index (χ1n) is 7.07. The molecule has 0 radical (unpaired) electrons. The van der Waals surface area contributed by atoms with E-state index >= 15 is 0 Å². The van der Waals surface area contributed by atoms with Gasteiger partial charge in [0.1, 0.15) is 11.4 Å². The molecular weight excluding hydrogens is 300 g/mol. The van der Waals surface area contributed by atoms with Gasteiger partial charge < -0.3 is 10.1 Å². The van der Waals surface area contributed by atoms with E-state index in [0.29, 0.717) is 30.3 Å². The van der Waals surface area contributed by atoms with E-state index in [-0.39, 0.29) is 11.7 Å². The first-order chi connectivity index (χ1) is 10.6. The number of hydrogen-bond donors (Lipinski definition) is 1. The highest BCUT2D eigenvalue weighted by Crippen LogP contribution is 2.20. The molecule has 1 aromatic heterocycles. The number of carbonyl (C=O) groups is 2. The number of benzene rings is 1. The average Bonchev–Trinajstić information content (AvgIpc) is 2.95. The van der Waals surface area contributed by atoms with Gasteiger partial charge in [0.25, 0.3) is 0 Å². The van der Waals surface area contributed by atoms with Crippen LogP contribution in [-0.4, -0.2) is 23.3 Å².